The number of carbonyl (C=O) groups excluding carboxylic acids is 1. The molecule has 2 N–H and O–H groups in total. The SMILES string of the molecule is Cc1ccc(CNS(=O)(=O)c2ccc3c(c2)CCC(=O)N3)cc1C. The van der Waals surface area contributed by atoms with Crippen molar-refractivity contribution in [1.82, 2.24) is 4.72 Å². The molecule has 0 aliphatic carbocycles. The maximum absolute atomic E-state index is 12.5. The van der Waals surface area contributed by atoms with Gasteiger partial charge in [-0.25, -0.2) is 13.1 Å². The van der Waals surface area contributed by atoms with E-state index < -0.39 is 10.0 Å². The highest BCUT2D eigenvalue weighted by atomic mass is 32.2. The Balaban J connectivity index is 1.78. The van der Waals surface area contributed by atoms with Gasteiger partial charge in [0.15, 0.2) is 0 Å². The van der Waals surface area contributed by atoms with Crippen molar-refractivity contribution in [2.45, 2.75) is 38.1 Å². The predicted octanol–water partition coefficient (Wildman–Crippen LogP) is 2.67. The molecule has 0 spiro atoms. The van der Waals surface area contributed by atoms with Crippen LogP contribution in [0.3, 0.4) is 0 Å². The van der Waals surface area contributed by atoms with Gasteiger partial charge in [0.2, 0.25) is 15.9 Å². The highest BCUT2D eigenvalue weighted by Crippen LogP contribution is 2.25. The van der Waals surface area contributed by atoms with E-state index >= 15 is 0 Å². The average Bonchev–Trinajstić information content (AvgIpc) is 2.55. The van der Waals surface area contributed by atoms with Gasteiger partial charge in [0.05, 0.1) is 4.90 Å². The second kappa shape index (κ2) is 6.37. The summed E-state index contributed by atoms with van der Waals surface area (Å²) in [6.45, 7) is 4.28. The zero-order valence-electron chi connectivity index (χ0n) is 13.7. The van der Waals surface area contributed by atoms with Crippen LogP contribution in [-0.4, -0.2) is 14.3 Å². The Morgan fingerprint density at radius 3 is 2.58 bits per heavy atom. The van der Waals surface area contributed by atoms with Crippen molar-refractivity contribution in [2.24, 2.45) is 0 Å². The molecule has 1 aliphatic rings. The number of carbonyl (C=O) groups is 1. The van der Waals surface area contributed by atoms with Gasteiger partial charge < -0.3 is 5.32 Å². The fourth-order valence-electron chi connectivity index (χ4n) is 2.70. The molecule has 0 bridgehead atoms. The minimum Gasteiger partial charge on any atom is -0.326 e. The normalized spacial score (nSPS) is 14.2. The Kier molecular flexibility index (Phi) is 4.43. The van der Waals surface area contributed by atoms with Crippen molar-refractivity contribution in [1.29, 1.82) is 0 Å². The molecule has 126 valence electrons. The first-order valence-electron chi connectivity index (χ1n) is 7.84. The number of amides is 1. The number of aryl methyl sites for hydroxylation is 3. The highest BCUT2D eigenvalue weighted by Gasteiger charge is 2.19. The summed E-state index contributed by atoms with van der Waals surface area (Å²) in [7, 11) is -3.59. The second-order valence-electron chi connectivity index (χ2n) is 6.11. The number of rotatable bonds is 4. The summed E-state index contributed by atoms with van der Waals surface area (Å²) in [5.41, 5.74) is 4.78. The van der Waals surface area contributed by atoms with E-state index in [0.29, 0.717) is 18.5 Å². The van der Waals surface area contributed by atoms with Crippen LogP contribution in [-0.2, 0) is 27.8 Å². The molecule has 1 amide bonds. The monoisotopic (exact) mass is 344 g/mol. The van der Waals surface area contributed by atoms with E-state index in [0.717, 1.165) is 16.7 Å². The summed E-state index contributed by atoms with van der Waals surface area (Å²) in [4.78, 5) is 11.6. The number of fused-ring (bicyclic) bond motifs is 1. The zero-order chi connectivity index (χ0) is 17.3. The molecule has 3 rings (SSSR count). The van der Waals surface area contributed by atoms with Crippen molar-refractivity contribution in [3.8, 4) is 0 Å². The van der Waals surface area contributed by atoms with E-state index in [1.54, 1.807) is 12.1 Å². The topological polar surface area (TPSA) is 75.3 Å². The Hall–Kier alpha value is -2.18. The van der Waals surface area contributed by atoms with Crippen LogP contribution < -0.4 is 10.0 Å². The van der Waals surface area contributed by atoms with Crippen LogP contribution in [0.15, 0.2) is 41.3 Å². The Morgan fingerprint density at radius 1 is 1.04 bits per heavy atom. The average molecular weight is 344 g/mol. The molecule has 0 atom stereocenters. The van der Waals surface area contributed by atoms with Gasteiger partial charge in [0.25, 0.3) is 0 Å². The Labute approximate surface area is 142 Å². The lowest BCUT2D eigenvalue weighted by Crippen LogP contribution is -2.24. The molecule has 1 heterocycles. The third-order valence-electron chi connectivity index (χ3n) is 4.32. The van der Waals surface area contributed by atoms with E-state index in [-0.39, 0.29) is 17.3 Å². The number of hydrogen-bond donors (Lipinski definition) is 2. The minimum absolute atomic E-state index is 0.0361. The largest absolute Gasteiger partial charge is 0.326 e. The fraction of sp³-hybridized carbons (Fsp3) is 0.278. The maximum Gasteiger partial charge on any atom is 0.240 e. The molecule has 24 heavy (non-hydrogen) atoms. The molecule has 0 fully saturated rings. The van der Waals surface area contributed by atoms with Crippen LogP contribution in [0, 0.1) is 13.8 Å². The van der Waals surface area contributed by atoms with Gasteiger partial charge >= 0.3 is 0 Å². The zero-order valence-corrected chi connectivity index (χ0v) is 14.5. The summed E-state index contributed by atoms with van der Waals surface area (Å²) in [5, 5.41) is 2.75. The van der Waals surface area contributed by atoms with E-state index in [1.165, 1.54) is 11.6 Å². The molecule has 0 unspecified atom stereocenters. The van der Waals surface area contributed by atoms with Crippen LogP contribution in [0.5, 0.6) is 0 Å². The summed E-state index contributed by atoms with van der Waals surface area (Å²) >= 11 is 0. The molecule has 1 aliphatic heterocycles. The summed E-state index contributed by atoms with van der Waals surface area (Å²) in [5.74, 6) is -0.0361. The van der Waals surface area contributed by atoms with Crippen molar-refractivity contribution < 1.29 is 13.2 Å². The number of sulfonamides is 1. The van der Waals surface area contributed by atoms with Crippen LogP contribution in [0.4, 0.5) is 5.69 Å². The molecule has 0 radical (unpaired) electrons. The lowest BCUT2D eigenvalue weighted by molar-refractivity contribution is -0.116. The van der Waals surface area contributed by atoms with E-state index in [1.807, 2.05) is 32.0 Å². The number of nitrogens with one attached hydrogen (secondary N) is 2. The lowest BCUT2D eigenvalue weighted by Gasteiger charge is -2.17. The minimum atomic E-state index is -3.59. The lowest BCUT2D eigenvalue weighted by atomic mass is 10.0. The van der Waals surface area contributed by atoms with E-state index in [4.69, 9.17) is 0 Å². The molecule has 2 aromatic carbocycles. The first-order chi connectivity index (χ1) is 11.3. The van der Waals surface area contributed by atoms with Gasteiger partial charge in [-0.3, -0.25) is 4.79 Å². The van der Waals surface area contributed by atoms with E-state index in [9.17, 15) is 13.2 Å². The summed E-state index contributed by atoms with van der Waals surface area (Å²) in [6.07, 6.45) is 0.939. The predicted molar refractivity (Wildman–Crippen MR) is 93.3 cm³/mol. The van der Waals surface area contributed by atoms with Crippen molar-refractivity contribution in [3.05, 3.63) is 58.7 Å². The van der Waals surface area contributed by atoms with Gasteiger partial charge in [0, 0.05) is 18.7 Å². The third kappa shape index (κ3) is 3.49. The standard InChI is InChI=1S/C18H20N2O3S/c1-12-3-4-14(9-13(12)2)11-19-24(22,23)16-6-7-17-15(10-16)5-8-18(21)20-17/h3-4,6-7,9-10,19H,5,8,11H2,1-2H3,(H,20,21). The van der Waals surface area contributed by atoms with Crippen LogP contribution in [0.25, 0.3) is 0 Å². The molecule has 5 nitrogen and oxygen atoms in total. The fourth-order valence-corrected chi connectivity index (χ4v) is 3.77. The van der Waals surface area contributed by atoms with Gasteiger partial charge in [-0.2, -0.15) is 0 Å². The van der Waals surface area contributed by atoms with Crippen molar-refractivity contribution in [2.75, 3.05) is 5.32 Å². The Morgan fingerprint density at radius 2 is 1.83 bits per heavy atom. The number of hydrogen-bond acceptors (Lipinski definition) is 3. The molecular formula is C18H20N2O3S. The van der Waals surface area contributed by atoms with Gasteiger partial charge in [-0.15, -0.1) is 0 Å². The first kappa shape index (κ1) is 16.7. The van der Waals surface area contributed by atoms with Crippen LogP contribution in [0.2, 0.25) is 0 Å². The van der Waals surface area contributed by atoms with Crippen LogP contribution >= 0.6 is 0 Å². The number of anilines is 1. The summed E-state index contributed by atoms with van der Waals surface area (Å²) < 4.78 is 27.7. The molecular weight excluding hydrogens is 324 g/mol. The molecule has 2 aromatic rings. The molecule has 0 aromatic heterocycles. The van der Waals surface area contributed by atoms with Crippen molar-refractivity contribution >= 4 is 21.6 Å². The molecule has 0 saturated heterocycles. The quantitative estimate of drug-likeness (QED) is 0.895. The second-order valence-corrected chi connectivity index (χ2v) is 7.88. The first-order valence-corrected chi connectivity index (χ1v) is 9.32. The highest BCUT2D eigenvalue weighted by molar-refractivity contribution is 7.89. The Bertz CT molecular complexity index is 904. The number of benzene rings is 2. The smallest absolute Gasteiger partial charge is 0.240 e. The van der Waals surface area contributed by atoms with Gasteiger partial charge in [-0.05, 0) is 60.7 Å². The van der Waals surface area contributed by atoms with Crippen molar-refractivity contribution in [3.63, 3.8) is 0 Å². The van der Waals surface area contributed by atoms with Gasteiger partial charge in [-0.1, -0.05) is 18.2 Å². The molecule has 6 heteroatoms. The van der Waals surface area contributed by atoms with Crippen LogP contribution in [0.1, 0.15) is 28.7 Å². The van der Waals surface area contributed by atoms with E-state index in [2.05, 4.69) is 10.0 Å². The molecule has 0 saturated carbocycles. The maximum atomic E-state index is 12.5. The third-order valence-corrected chi connectivity index (χ3v) is 5.72. The summed E-state index contributed by atoms with van der Waals surface area (Å²) in [6, 6.07) is 10.7. The van der Waals surface area contributed by atoms with Gasteiger partial charge in [0.1, 0.15) is 0 Å².